The minimum atomic E-state index is -0.496. The molecule has 3 N–H and O–H groups in total. The van der Waals surface area contributed by atoms with Gasteiger partial charge in [0.15, 0.2) is 0 Å². The second kappa shape index (κ2) is 14.0. The van der Waals surface area contributed by atoms with Crippen molar-refractivity contribution in [2.24, 2.45) is 5.90 Å². The third-order valence-corrected chi connectivity index (χ3v) is 7.13. The van der Waals surface area contributed by atoms with Crippen LogP contribution in [0.15, 0.2) is 91.1 Å². The summed E-state index contributed by atoms with van der Waals surface area (Å²) < 4.78 is 11.8. The van der Waals surface area contributed by atoms with Crippen LogP contribution in [0, 0.1) is 6.92 Å². The number of hydrogen-bond acceptors (Lipinski definition) is 7. The Hall–Kier alpha value is -4.38. The Kier molecular flexibility index (Phi) is 9.70. The summed E-state index contributed by atoms with van der Waals surface area (Å²) in [5.41, 5.74) is 4.25. The van der Waals surface area contributed by atoms with E-state index in [1.165, 1.54) is 4.80 Å². The molecule has 2 aromatic heterocycles. The normalized spacial score (nSPS) is 17.3. The quantitative estimate of drug-likeness (QED) is 0.256. The third kappa shape index (κ3) is 7.67. The van der Waals surface area contributed by atoms with Gasteiger partial charge in [-0.2, -0.15) is 15.0 Å². The number of ether oxygens (including phenoxy) is 2. The number of carbonyl (C=O) groups excluding carboxylic acids is 1. The highest BCUT2D eigenvalue weighted by Gasteiger charge is 2.18. The number of halogens is 1. The van der Waals surface area contributed by atoms with E-state index < -0.39 is 6.09 Å². The number of nitrogens with zero attached hydrogens (tertiary/aromatic N) is 4. The Labute approximate surface area is 248 Å². The van der Waals surface area contributed by atoms with Gasteiger partial charge in [-0.1, -0.05) is 41.4 Å². The minimum absolute atomic E-state index is 0.327. The number of hydrogen-bond donors (Lipinski definition) is 2. The lowest BCUT2D eigenvalue weighted by Gasteiger charge is -2.19. The number of aryl methyl sites for hydroxylation is 1. The number of nitrogens with two attached hydrogens (primary N) is 1. The van der Waals surface area contributed by atoms with E-state index in [2.05, 4.69) is 21.3 Å². The molecule has 5 rings (SSSR count). The van der Waals surface area contributed by atoms with Gasteiger partial charge in [0.1, 0.15) is 17.6 Å². The van der Waals surface area contributed by atoms with Crippen molar-refractivity contribution in [1.82, 2.24) is 24.9 Å². The van der Waals surface area contributed by atoms with Crippen LogP contribution in [0.1, 0.15) is 23.2 Å². The molecule has 0 saturated carbocycles. The van der Waals surface area contributed by atoms with Crippen LogP contribution >= 0.6 is 11.6 Å². The second-order valence-corrected chi connectivity index (χ2v) is 10.3. The molecule has 10 nitrogen and oxygen atoms in total. The van der Waals surface area contributed by atoms with Crippen LogP contribution in [0.2, 0.25) is 5.02 Å². The summed E-state index contributed by atoms with van der Waals surface area (Å²) in [5, 5.41) is 9.89. The van der Waals surface area contributed by atoms with E-state index in [0.29, 0.717) is 55.5 Å². The third-order valence-electron chi connectivity index (χ3n) is 6.89. The Balaban J connectivity index is 1.37. The monoisotopic (exact) mass is 588 g/mol. The van der Waals surface area contributed by atoms with E-state index in [1.807, 2.05) is 49.4 Å². The summed E-state index contributed by atoms with van der Waals surface area (Å²) >= 11 is 6.33. The first kappa shape index (κ1) is 29.1. The fourth-order valence-corrected chi connectivity index (χ4v) is 4.83. The number of carbonyl (C=O) groups is 1. The number of benzene rings is 2. The van der Waals surface area contributed by atoms with Crippen LogP contribution in [0.3, 0.4) is 0 Å². The lowest BCUT2D eigenvalue weighted by atomic mass is 10.0. The zero-order valence-electron chi connectivity index (χ0n) is 23.3. The highest BCUT2D eigenvalue weighted by atomic mass is 35.5. The maximum absolute atomic E-state index is 13.3. The SMILES string of the molecule is Cc1ccc(OC(=O)N2\C=C/C(OCCC(Cn3nccn3)ON)=C\C=C\Cc3[nH]c4ccc(Cl)cc4c3CC2)cc1. The summed E-state index contributed by atoms with van der Waals surface area (Å²) in [6, 6.07) is 13.2. The number of H-pyrrole nitrogens is 1. The summed E-state index contributed by atoms with van der Waals surface area (Å²) in [6.07, 6.45) is 13.4. The number of aromatic amines is 1. The van der Waals surface area contributed by atoms with Gasteiger partial charge in [-0.25, -0.2) is 10.7 Å². The van der Waals surface area contributed by atoms with Crippen LogP contribution in [0.25, 0.3) is 10.9 Å². The Bertz CT molecular complexity index is 1580. The standard InChI is InChI=1S/C31H33ClN6O4/c1-22-6-9-25(10-7-22)41-31(39)37-17-12-24(40-19-14-26(42-33)21-38-34-15-16-35-38)4-2-3-5-29-27(13-18-37)28-20-23(32)8-11-30(28)36-29/h2-4,6-12,15-17,20,26,36H,5,13-14,18-19,21,33H2,1H3/b3-2+,17-12-,24-4+. The van der Waals surface area contributed by atoms with Crippen molar-refractivity contribution in [3.63, 3.8) is 0 Å². The molecule has 1 aliphatic heterocycles. The molecule has 3 heterocycles. The van der Waals surface area contributed by atoms with Crippen molar-refractivity contribution in [2.75, 3.05) is 13.2 Å². The van der Waals surface area contributed by atoms with Gasteiger partial charge in [-0.05, 0) is 61.4 Å². The molecular formula is C31H33ClN6O4. The first-order chi connectivity index (χ1) is 20.5. The molecule has 2 aromatic carbocycles. The molecule has 218 valence electrons. The number of aromatic nitrogens is 4. The lowest BCUT2D eigenvalue weighted by Crippen LogP contribution is -2.31. The maximum Gasteiger partial charge on any atom is 0.419 e. The zero-order valence-corrected chi connectivity index (χ0v) is 24.0. The molecule has 0 saturated heterocycles. The van der Waals surface area contributed by atoms with Crippen molar-refractivity contribution in [3.8, 4) is 5.75 Å². The average molecular weight is 589 g/mol. The lowest BCUT2D eigenvalue weighted by molar-refractivity contribution is 0.0160. The molecule has 0 aliphatic carbocycles. The summed E-state index contributed by atoms with van der Waals surface area (Å²) in [6.45, 7) is 3.09. The Morgan fingerprint density at radius 3 is 2.76 bits per heavy atom. The number of amides is 1. The number of fused-ring (bicyclic) bond motifs is 3. The molecule has 1 aliphatic rings. The van der Waals surface area contributed by atoms with E-state index in [4.69, 9.17) is 31.8 Å². The molecular weight excluding hydrogens is 556 g/mol. The fraction of sp³-hybridized carbons (Fsp3) is 0.258. The molecule has 4 aromatic rings. The van der Waals surface area contributed by atoms with Gasteiger partial charge in [0.05, 0.1) is 25.5 Å². The Morgan fingerprint density at radius 2 is 1.98 bits per heavy atom. The molecule has 1 amide bonds. The highest BCUT2D eigenvalue weighted by Crippen LogP contribution is 2.27. The largest absolute Gasteiger partial charge is 0.493 e. The van der Waals surface area contributed by atoms with Gasteiger partial charge in [0.25, 0.3) is 0 Å². The predicted octanol–water partition coefficient (Wildman–Crippen LogP) is 5.64. The van der Waals surface area contributed by atoms with E-state index in [0.717, 1.165) is 27.7 Å². The number of allylic oxidation sites excluding steroid dienone is 4. The van der Waals surface area contributed by atoms with Crippen LogP contribution in [0.4, 0.5) is 4.79 Å². The predicted molar refractivity (Wildman–Crippen MR) is 161 cm³/mol. The molecule has 1 unspecified atom stereocenters. The van der Waals surface area contributed by atoms with Crippen molar-refractivity contribution in [1.29, 1.82) is 0 Å². The molecule has 0 radical (unpaired) electrons. The molecule has 0 bridgehead atoms. The maximum atomic E-state index is 13.3. The smallest absolute Gasteiger partial charge is 0.419 e. The van der Waals surface area contributed by atoms with Crippen molar-refractivity contribution in [2.45, 2.75) is 38.8 Å². The zero-order chi connectivity index (χ0) is 29.3. The fourth-order valence-electron chi connectivity index (χ4n) is 4.65. The van der Waals surface area contributed by atoms with Crippen LogP contribution in [-0.2, 0) is 29.0 Å². The van der Waals surface area contributed by atoms with E-state index in [1.54, 1.807) is 41.7 Å². The van der Waals surface area contributed by atoms with Gasteiger partial charge in [-0.3, -0.25) is 9.74 Å². The van der Waals surface area contributed by atoms with E-state index in [9.17, 15) is 4.79 Å². The molecule has 0 fully saturated rings. The summed E-state index contributed by atoms with van der Waals surface area (Å²) in [7, 11) is 0. The average Bonchev–Trinajstić information content (AvgIpc) is 3.62. The van der Waals surface area contributed by atoms with Gasteiger partial charge < -0.3 is 14.5 Å². The molecule has 1 atom stereocenters. The van der Waals surface area contributed by atoms with Gasteiger partial charge >= 0.3 is 6.09 Å². The number of rotatable bonds is 8. The number of nitrogens with one attached hydrogen (secondary N) is 1. The van der Waals surface area contributed by atoms with Crippen LogP contribution in [-0.4, -0.2) is 50.2 Å². The van der Waals surface area contributed by atoms with Gasteiger partial charge in [0.2, 0.25) is 0 Å². The van der Waals surface area contributed by atoms with Crippen LogP contribution in [0.5, 0.6) is 5.75 Å². The molecule has 11 heteroatoms. The first-order valence-corrected chi connectivity index (χ1v) is 14.1. The summed E-state index contributed by atoms with van der Waals surface area (Å²) in [4.78, 5) is 25.0. The second-order valence-electron chi connectivity index (χ2n) is 9.89. The van der Waals surface area contributed by atoms with Crippen molar-refractivity contribution < 1.29 is 19.1 Å². The highest BCUT2D eigenvalue weighted by molar-refractivity contribution is 6.31. The van der Waals surface area contributed by atoms with Crippen molar-refractivity contribution >= 4 is 28.6 Å². The van der Waals surface area contributed by atoms with Gasteiger partial charge in [-0.15, -0.1) is 0 Å². The molecule has 42 heavy (non-hydrogen) atoms. The first-order valence-electron chi connectivity index (χ1n) is 13.7. The van der Waals surface area contributed by atoms with Crippen LogP contribution < -0.4 is 10.6 Å². The minimum Gasteiger partial charge on any atom is -0.493 e. The molecule has 0 spiro atoms. The Morgan fingerprint density at radius 1 is 1.17 bits per heavy atom. The van der Waals surface area contributed by atoms with Gasteiger partial charge in [0, 0.05) is 47.2 Å². The topological polar surface area (TPSA) is 121 Å². The van der Waals surface area contributed by atoms with E-state index >= 15 is 0 Å². The summed E-state index contributed by atoms with van der Waals surface area (Å²) in [5.74, 6) is 6.53. The van der Waals surface area contributed by atoms with E-state index in [-0.39, 0.29) is 6.10 Å². The van der Waals surface area contributed by atoms with Crippen molar-refractivity contribution in [3.05, 3.63) is 113 Å².